The first kappa shape index (κ1) is 19.4. The number of aliphatic hydroxyl groups excluding tert-OH is 1. The lowest BCUT2D eigenvalue weighted by molar-refractivity contribution is -0.175. The molecule has 2 aromatic rings. The lowest BCUT2D eigenvalue weighted by Gasteiger charge is -2.24. The van der Waals surface area contributed by atoms with E-state index in [1.807, 2.05) is 18.2 Å². The van der Waals surface area contributed by atoms with Gasteiger partial charge >= 0.3 is 6.18 Å². The van der Waals surface area contributed by atoms with Crippen molar-refractivity contribution in [2.24, 2.45) is 5.92 Å². The molecule has 1 aromatic carbocycles. The van der Waals surface area contributed by atoms with Crippen molar-refractivity contribution >= 4 is 22.4 Å². The van der Waals surface area contributed by atoms with E-state index in [9.17, 15) is 18.0 Å². The second-order valence-electron chi connectivity index (χ2n) is 6.90. The number of fused-ring (bicyclic) bond motifs is 1. The van der Waals surface area contributed by atoms with Crippen molar-refractivity contribution in [2.75, 3.05) is 6.61 Å². The molecular weight excluding hydrogens is 357 g/mol. The molecule has 144 valence electrons. The van der Waals surface area contributed by atoms with Gasteiger partial charge in [0.15, 0.2) is 0 Å². The number of nitrogens with one attached hydrogen (secondary N) is 1. The summed E-state index contributed by atoms with van der Waals surface area (Å²) in [5, 5.41) is 12.5. The highest BCUT2D eigenvalue weighted by Crippen LogP contribution is 2.40. The number of aromatic nitrogens is 1. The zero-order chi connectivity index (χ0) is 19.6. The Morgan fingerprint density at radius 2 is 2.19 bits per heavy atom. The third kappa shape index (κ3) is 4.30. The van der Waals surface area contributed by atoms with E-state index in [1.165, 1.54) is 6.20 Å². The predicted molar refractivity (Wildman–Crippen MR) is 97.1 cm³/mol. The molecule has 1 aliphatic rings. The van der Waals surface area contributed by atoms with E-state index in [1.54, 1.807) is 19.1 Å². The summed E-state index contributed by atoms with van der Waals surface area (Å²) in [6.45, 7) is 1.53. The SMILES string of the molecule is CC(CO)NC(=O)c1cnc2c(C3=CCC(C(F)(F)F)CC3)cccc2c1. The number of aliphatic hydroxyl groups is 1. The number of pyridine rings is 1. The van der Waals surface area contributed by atoms with Crippen LogP contribution in [0.15, 0.2) is 36.5 Å². The fraction of sp³-hybridized carbons (Fsp3) is 0.400. The highest BCUT2D eigenvalue weighted by atomic mass is 19.4. The molecule has 0 fully saturated rings. The van der Waals surface area contributed by atoms with Gasteiger partial charge in [-0.05, 0) is 37.8 Å². The number of hydrogen-bond donors (Lipinski definition) is 2. The van der Waals surface area contributed by atoms with Gasteiger partial charge in [0.1, 0.15) is 0 Å². The second-order valence-corrected chi connectivity index (χ2v) is 6.90. The Hall–Kier alpha value is -2.41. The van der Waals surface area contributed by atoms with Crippen molar-refractivity contribution in [3.8, 4) is 0 Å². The third-order valence-corrected chi connectivity index (χ3v) is 4.84. The Balaban J connectivity index is 1.88. The summed E-state index contributed by atoms with van der Waals surface area (Å²) in [4.78, 5) is 16.6. The third-order valence-electron chi connectivity index (χ3n) is 4.84. The smallest absolute Gasteiger partial charge is 0.392 e. The molecule has 3 rings (SSSR count). The minimum atomic E-state index is -4.16. The lowest BCUT2D eigenvalue weighted by Crippen LogP contribution is -2.35. The number of carbonyl (C=O) groups excluding carboxylic acids is 1. The maximum absolute atomic E-state index is 12.9. The van der Waals surface area contributed by atoms with Crippen LogP contribution in [-0.2, 0) is 0 Å². The van der Waals surface area contributed by atoms with Crippen molar-refractivity contribution in [3.05, 3.63) is 47.7 Å². The van der Waals surface area contributed by atoms with Gasteiger partial charge in [0, 0.05) is 23.2 Å². The van der Waals surface area contributed by atoms with Gasteiger partial charge in [-0.1, -0.05) is 24.3 Å². The van der Waals surface area contributed by atoms with Crippen LogP contribution in [0.3, 0.4) is 0 Å². The summed E-state index contributed by atoms with van der Waals surface area (Å²) in [6, 6.07) is 6.82. The van der Waals surface area contributed by atoms with Crippen LogP contribution >= 0.6 is 0 Å². The quantitative estimate of drug-likeness (QED) is 0.842. The molecule has 4 nitrogen and oxygen atoms in total. The van der Waals surface area contributed by atoms with E-state index in [4.69, 9.17) is 5.11 Å². The minimum absolute atomic E-state index is 0.0191. The second kappa shape index (κ2) is 7.68. The Morgan fingerprint density at radius 3 is 2.81 bits per heavy atom. The van der Waals surface area contributed by atoms with Gasteiger partial charge < -0.3 is 10.4 Å². The first-order valence-corrected chi connectivity index (χ1v) is 8.86. The van der Waals surface area contributed by atoms with Gasteiger partial charge in [-0.3, -0.25) is 9.78 Å². The molecule has 0 aliphatic heterocycles. The van der Waals surface area contributed by atoms with Crippen LogP contribution in [0, 0.1) is 5.92 Å². The van der Waals surface area contributed by atoms with Crippen LogP contribution in [0.4, 0.5) is 13.2 Å². The van der Waals surface area contributed by atoms with Crippen LogP contribution in [0.5, 0.6) is 0 Å². The van der Waals surface area contributed by atoms with Gasteiger partial charge in [0.2, 0.25) is 0 Å². The summed E-state index contributed by atoms with van der Waals surface area (Å²) < 4.78 is 38.6. The summed E-state index contributed by atoms with van der Waals surface area (Å²) in [5.74, 6) is -1.62. The van der Waals surface area contributed by atoms with E-state index in [0.717, 1.165) is 16.5 Å². The summed E-state index contributed by atoms with van der Waals surface area (Å²) in [5.41, 5.74) is 2.71. The van der Waals surface area contributed by atoms with Crippen molar-refractivity contribution < 1.29 is 23.1 Å². The Labute approximate surface area is 155 Å². The van der Waals surface area contributed by atoms with Crippen LogP contribution in [0.25, 0.3) is 16.5 Å². The minimum Gasteiger partial charge on any atom is -0.394 e. The number of amides is 1. The maximum Gasteiger partial charge on any atom is 0.392 e. The normalized spacial score (nSPS) is 18.9. The average molecular weight is 378 g/mol. The molecule has 1 amide bonds. The fourth-order valence-electron chi connectivity index (χ4n) is 3.27. The Kier molecular flexibility index (Phi) is 5.51. The lowest BCUT2D eigenvalue weighted by atomic mass is 9.85. The van der Waals surface area contributed by atoms with E-state index < -0.39 is 12.1 Å². The van der Waals surface area contributed by atoms with Crippen LogP contribution < -0.4 is 5.32 Å². The van der Waals surface area contributed by atoms with Crippen LogP contribution in [0.1, 0.15) is 42.1 Å². The van der Waals surface area contributed by atoms with E-state index in [0.29, 0.717) is 17.5 Å². The predicted octanol–water partition coefficient (Wildman–Crippen LogP) is 4.09. The average Bonchev–Trinajstić information content (AvgIpc) is 2.66. The Morgan fingerprint density at radius 1 is 1.41 bits per heavy atom. The molecule has 2 N–H and O–H groups in total. The largest absolute Gasteiger partial charge is 0.394 e. The van der Waals surface area contributed by atoms with Crippen molar-refractivity contribution in [1.29, 1.82) is 0 Å². The highest BCUT2D eigenvalue weighted by Gasteiger charge is 2.39. The number of alkyl halides is 3. The monoisotopic (exact) mass is 378 g/mol. The van der Waals surface area contributed by atoms with Gasteiger partial charge in [-0.25, -0.2) is 0 Å². The number of halogens is 3. The molecule has 2 atom stereocenters. The van der Waals surface area contributed by atoms with Crippen molar-refractivity contribution in [3.63, 3.8) is 0 Å². The van der Waals surface area contributed by atoms with Crippen LogP contribution in [-0.4, -0.2) is 34.8 Å². The zero-order valence-electron chi connectivity index (χ0n) is 14.9. The molecule has 7 heteroatoms. The van der Waals surface area contributed by atoms with Crippen molar-refractivity contribution in [1.82, 2.24) is 10.3 Å². The summed E-state index contributed by atoms with van der Waals surface area (Å²) in [6.07, 6.45) is -0.650. The molecule has 1 aromatic heterocycles. The van der Waals surface area contributed by atoms with Crippen molar-refractivity contribution in [2.45, 2.75) is 38.4 Å². The van der Waals surface area contributed by atoms with E-state index in [-0.39, 0.29) is 31.4 Å². The number of nitrogens with zero attached hydrogens (tertiary/aromatic N) is 1. The number of para-hydroxylation sites is 1. The molecule has 2 unspecified atom stereocenters. The van der Waals surface area contributed by atoms with Gasteiger partial charge in [-0.2, -0.15) is 13.2 Å². The number of rotatable bonds is 4. The van der Waals surface area contributed by atoms with Gasteiger partial charge in [0.05, 0.1) is 23.6 Å². The van der Waals surface area contributed by atoms with Gasteiger partial charge in [0.25, 0.3) is 5.91 Å². The number of allylic oxidation sites excluding steroid dienone is 2. The molecule has 1 heterocycles. The number of benzene rings is 1. The Bertz CT molecular complexity index is 877. The van der Waals surface area contributed by atoms with E-state index >= 15 is 0 Å². The molecule has 0 spiro atoms. The zero-order valence-corrected chi connectivity index (χ0v) is 14.9. The molecule has 0 radical (unpaired) electrons. The fourth-order valence-corrected chi connectivity index (χ4v) is 3.27. The summed E-state index contributed by atoms with van der Waals surface area (Å²) in [7, 11) is 0. The molecule has 1 aliphatic carbocycles. The molecular formula is C20H21F3N2O2. The molecule has 27 heavy (non-hydrogen) atoms. The topological polar surface area (TPSA) is 62.2 Å². The van der Waals surface area contributed by atoms with E-state index in [2.05, 4.69) is 10.3 Å². The van der Waals surface area contributed by atoms with Crippen LogP contribution in [0.2, 0.25) is 0 Å². The molecule has 0 saturated carbocycles. The molecule has 0 saturated heterocycles. The maximum atomic E-state index is 12.9. The highest BCUT2D eigenvalue weighted by molar-refractivity contribution is 5.99. The standard InChI is InChI=1S/C20H21F3N2O2/c1-12(11-26)25-19(27)15-9-14-3-2-4-17(18(14)24-10-15)13-5-7-16(8-6-13)20(21,22)23/h2-5,9-10,12,16,26H,6-8,11H2,1H3,(H,25,27). The molecule has 0 bridgehead atoms. The van der Waals surface area contributed by atoms with Gasteiger partial charge in [-0.15, -0.1) is 0 Å². The first-order chi connectivity index (χ1) is 12.8. The number of hydrogen-bond acceptors (Lipinski definition) is 3. The first-order valence-electron chi connectivity index (χ1n) is 8.86. The summed E-state index contributed by atoms with van der Waals surface area (Å²) >= 11 is 0. The number of carbonyl (C=O) groups is 1.